The number of hydrogen-bond acceptors (Lipinski definition) is 5. The molecule has 2 aromatic carbocycles. The van der Waals surface area contributed by atoms with Crippen molar-refractivity contribution in [3.05, 3.63) is 81.2 Å². The lowest BCUT2D eigenvalue weighted by Gasteiger charge is -2.32. The van der Waals surface area contributed by atoms with Crippen LogP contribution in [0.15, 0.2) is 59.4 Å². The second-order valence-corrected chi connectivity index (χ2v) is 7.45. The zero-order valence-electron chi connectivity index (χ0n) is 16.3. The predicted molar refractivity (Wildman–Crippen MR) is 113 cm³/mol. The molecule has 1 aromatic heterocycles. The number of nitrogens with zero attached hydrogens (tertiary/aromatic N) is 4. The Labute approximate surface area is 174 Å². The van der Waals surface area contributed by atoms with E-state index in [9.17, 15) is 4.79 Å². The molecular weight excluding hydrogens is 388 g/mol. The van der Waals surface area contributed by atoms with Gasteiger partial charge in [-0.2, -0.15) is 0 Å². The summed E-state index contributed by atoms with van der Waals surface area (Å²) in [6.07, 6.45) is 0.165. The highest BCUT2D eigenvalue weighted by molar-refractivity contribution is 6.31. The number of rotatable bonds is 5. The minimum Gasteiger partial charge on any atom is -0.379 e. The zero-order valence-corrected chi connectivity index (χ0v) is 17.0. The normalized spacial score (nSPS) is 15.9. The standard InChI is InChI=1S/C22H23ClN4O2/c1-16(26-11-13-29-14-12-26)27-22(28)20(15-18-9-5-6-10-19(18)23)24-21(25-27)17-7-3-2-4-8-17/h2-10,16H,11-15H2,1H3. The van der Waals surface area contributed by atoms with Gasteiger partial charge in [0.1, 0.15) is 11.9 Å². The van der Waals surface area contributed by atoms with E-state index in [-0.39, 0.29) is 11.7 Å². The zero-order chi connectivity index (χ0) is 20.2. The smallest absolute Gasteiger partial charge is 0.290 e. The molecule has 6 nitrogen and oxygen atoms in total. The SMILES string of the molecule is CC(N1CCOCC1)n1nc(-c2ccccc2)nc(Cc2ccccc2Cl)c1=O. The van der Waals surface area contributed by atoms with E-state index in [0.29, 0.717) is 36.2 Å². The molecule has 0 amide bonds. The Morgan fingerprint density at radius 3 is 2.48 bits per heavy atom. The molecule has 1 aliphatic rings. The Kier molecular flexibility index (Phi) is 6.04. The Morgan fingerprint density at radius 2 is 1.76 bits per heavy atom. The molecule has 0 spiro atoms. The third-order valence-corrected chi connectivity index (χ3v) is 5.54. The molecule has 1 unspecified atom stereocenters. The van der Waals surface area contributed by atoms with Crippen molar-refractivity contribution in [2.24, 2.45) is 0 Å². The van der Waals surface area contributed by atoms with Crippen LogP contribution in [0.3, 0.4) is 0 Å². The van der Waals surface area contributed by atoms with Crippen molar-refractivity contribution in [3.8, 4) is 11.4 Å². The molecule has 0 saturated carbocycles. The molecule has 0 aliphatic carbocycles. The van der Waals surface area contributed by atoms with Crippen LogP contribution in [0.5, 0.6) is 0 Å². The van der Waals surface area contributed by atoms with Gasteiger partial charge < -0.3 is 4.74 Å². The van der Waals surface area contributed by atoms with E-state index in [1.807, 2.05) is 61.5 Å². The summed E-state index contributed by atoms with van der Waals surface area (Å²) in [6.45, 7) is 4.83. The van der Waals surface area contributed by atoms with Crippen LogP contribution in [-0.4, -0.2) is 46.0 Å². The van der Waals surface area contributed by atoms with Crippen molar-refractivity contribution in [2.75, 3.05) is 26.3 Å². The van der Waals surface area contributed by atoms with E-state index >= 15 is 0 Å². The highest BCUT2D eigenvalue weighted by Gasteiger charge is 2.23. The maximum absolute atomic E-state index is 13.3. The summed E-state index contributed by atoms with van der Waals surface area (Å²) in [5.41, 5.74) is 1.99. The maximum Gasteiger partial charge on any atom is 0.290 e. The van der Waals surface area contributed by atoms with Crippen LogP contribution in [0.25, 0.3) is 11.4 Å². The molecule has 3 aromatic rings. The minimum absolute atomic E-state index is 0.191. The molecule has 4 rings (SSSR count). The van der Waals surface area contributed by atoms with E-state index in [1.165, 1.54) is 0 Å². The molecule has 150 valence electrons. The molecular formula is C22H23ClN4O2. The number of benzene rings is 2. The summed E-state index contributed by atoms with van der Waals surface area (Å²) in [5.74, 6) is 0.535. The maximum atomic E-state index is 13.3. The minimum atomic E-state index is -0.193. The lowest BCUT2D eigenvalue weighted by molar-refractivity contribution is -0.000958. The van der Waals surface area contributed by atoms with Crippen LogP contribution >= 0.6 is 11.6 Å². The van der Waals surface area contributed by atoms with Crippen LogP contribution in [-0.2, 0) is 11.2 Å². The molecule has 0 N–H and O–H groups in total. The first-order valence-electron chi connectivity index (χ1n) is 9.74. The molecule has 2 heterocycles. The Balaban J connectivity index is 1.79. The van der Waals surface area contributed by atoms with E-state index < -0.39 is 0 Å². The second kappa shape index (κ2) is 8.86. The predicted octanol–water partition coefficient (Wildman–Crippen LogP) is 3.40. The fraction of sp³-hybridized carbons (Fsp3) is 0.318. The number of aromatic nitrogens is 3. The Hall–Kier alpha value is -2.54. The quantitative estimate of drug-likeness (QED) is 0.645. The summed E-state index contributed by atoms with van der Waals surface area (Å²) in [5, 5.41) is 5.24. The van der Waals surface area contributed by atoms with Gasteiger partial charge in [0.05, 0.1) is 13.2 Å². The molecule has 1 aliphatic heterocycles. The summed E-state index contributed by atoms with van der Waals surface area (Å²) < 4.78 is 7.00. The first-order chi connectivity index (χ1) is 14.1. The van der Waals surface area contributed by atoms with Gasteiger partial charge in [0.25, 0.3) is 5.56 Å². The van der Waals surface area contributed by atoms with Gasteiger partial charge in [-0.25, -0.2) is 9.67 Å². The molecule has 7 heteroatoms. The van der Waals surface area contributed by atoms with Crippen molar-refractivity contribution in [3.63, 3.8) is 0 Å². The van der Waals surface area contributed by atoms with Crippen molar-refractivity contribution in [1.82, 2.24) is 19.7 Å². The van der Waals surface area contributed by atoms with Crippen LogP contribution in [0, 0.1) is 0 Å². The highest BCUT2D eigenvalue weighted by atomic mass is 35.5. The first kappa shape index (κ1) is 19.8. The topological polar surface area (TPSA) is 60.2 Å². The monoisotopic (exact) mass is 410 g/mol. The van der Waals surface area contributed by atoms with Crippen LogP contribution in [0.4, 0.5) is 0 Å². The molecule has 29 heavy (non-hydrogen) atoms. The second-order valence-electron chi connectivity index (χ2n) is 7.05. The summed E-state index contributed by atoms with van der Waals surface area (Å²) in [4.78, 5) is 20.1. The number of morpholine rings is 1. The summed E-state index contributed by atoms with van der Waals surface area (Å²) in [7, 11) is 0. The molecule has 0 bridgehead atoms. The van der Waals surface area contributed by atoms with Crippen LogP contribution < -0.4 is 5.56 Å². The van der Waals surface area contributed by atoms with Crippen molar-refractivity contribution in [2.45, 2.75) is 19.5 Å². The van der Waals surface area contributed by atoms with Crippen LogP contribution in [0.1, 0.15) is 24.3 Å². The average Bonchev–Trinajstić information content (AvgIpc) is 2.77. The number of ether oxygens (including phenoxy) is 1. The largest absolute Gasteiger partial charge is 0.379 e. The van der Waals surface area contributed by atoms with Gasteiger partial charge >= 0.3 is 0 Å². The van der Waals surface area contributed by atoms with Gasteiger partial charge in [-0.15, -0.1) is 5.10 Å². The lowest BCUT2D eigenvalue weighted by Crippen LogP contribution is -2.44. The van der Waals surface area contributed by atoms with Crippen molar-refractivity contribution < 1.29 is 4.74 Å². The van der Waals surface area contributed by atoms with Gasteiger partial charge in [0.2, 0.25) is 0 Å². The fourth-order valence-electron chi connectivity index (χ4n) is 3.48. The average molecular weight is 411 g/mol. The molecule has 1 fully saturated rings. The lowest BCUT2D eigenvalue weighted by atomic mass is 10.1. The van der Waals surface area contributed by atoms with E-state index in [4.69, 9.17) is 16.3 Å². The molecule has 1 atom stereocenters. The number of halogens is 1. The fourth-order valence-corrected chi connectivity index (χ4v) is 3.69. The van der Waals surface area contributed by atoms with Crippen molar-refractivity contribution in [1.29, 1.82) is 0 Å². The summed E-state index contributed by atoms with van der Waals surface area (Å²) in [6, 6.07) is 17.2. The van der Waals surface area contributed by atoms with Gasteiger partial charge in [0, 0.05) is 30.1 Å². The Bertz CT molecular complexity index is 1030. The van der Waals surface area contributed by atoms with Crippen LogP contribution in [0.2, 0.25) is 5.02 Å². The van der Waals surface area contributed by atoms with Gasteiger partial charge in [-0.05, 0) is 18.6 Å². The van der Waals surface area contributed by atoms with Crippen molar-refractivity contribution >= 4 is 11.6 Å². The van der Waals surface area contributed by atoms with Gasteiger partial charge in [0.15, 0.2) is 5.82 Å². The van der Waals surface area contributed by atoms with E-state index in [2.05, 4.69) is 15.0 Å². The van der Waals surface area contributed by atoms with Gasteiger partial charge in [-0.3, -0.25) is 9.69 Å². The highest BCUT2D eigenvalue weighted by Crippen LogP contribution is 2.20. The van der Waals surface area contributed by atoms with E-state index in [1.54, 1.807) is 4.68 Å². The molecule has 1 saturated heterocycles. The third-order valence-electron chi connectivity index (χ3n) is 5.17. The van der Waals surface area contributed by atoms with E-state index in [0.717, 1.165) is 24.2 Å². The molecule has 0 radical (unpaired) electrons. The Morgan fingerprint density at radius 1 is 1.07 bits per heavy atom. The third kappa shape index (κ3) is 4.40. The first-order valence-corrected chi connectivity index (χ1v) is 10.1. The summed E-state index contributed by atoms with van der Waals surface area (Å²) >= 11 is 6.33. The van der Waals surface area contributed by atoms with Gasteiger partial charge in [-0.1, -0.05) is 60.1 Å². The number of hydrogen-bond donors (Lipinski definition) is 0.